The predicted molar refractivity (Wildman–Crippen MR) is 92.7 cm³/mol. The lowest BCUT2D eigenvalue weighted by Gasteiger charge is -2.36. The Hall–Kier alpha value is -2.89. The third-order valence-electron chi connectivity index (χ3n) is 4.58. The Morgan fingerprint density at radius 1 is 1.32 bits per heavy atom. The van der Waals surface area contributed by atoms with E-state index in [0.29, 0.717) is 30.0 Å². The molecule has 0 bridgehead atoms. The highest BCUT2D eigenvalue weighted by Crippen LogP contribution is 2.44. The minimum atomic E-state index is -0.886. The van der Waals surface area contributed by atoms with Crippen LogP contribution in [0, 0.1) is 12.3 Å². The number of nitrogens with zero attached hydrogens (tertiary/aromatic N) is 1. The van der Waals surface area contributed by atoms with Crippen molar-refractivity contribution in [2.75, 3.05) is 5.32 Å². The summed E-state index contributed by atoms with van der Waals surface area (Å²) in [4.78, 5) is 27.6. The lowest BCUT2D eigenvalue weighted by molar-refractivity contribution is -0.157. The van der Waals surface area contributed by atoms with Gasteiger partial charge in [0.05, 0.1) is 11.6 Å². The van der Waals surface area contributed by atoms with Crippen LogP contribution in [0.3, 0.4) is 0 Å². The number of hydrogen-bond acceptors (Lipinski definition) is 4. The fourth-order valence-electron chi connectivity index (χ4n) is 2.96. The first-order valence-corrected chi connectivity index (χ1v) is 8.20. The van der Waals surface area contributed by atoms with Crippen molar-refractivity contribution < 1.29 is 19.4 Å². The van der Waals surface area contributed by atoms with Gasteiger partial charge >= 0.3 is 5.97 Å². The van der Waals surface area contributed by atoms with E-state index in [1.165, 1.54) is 0 Å². The number of hydrogen-bond donors (Lipinski definition) is 2. The number of carboxylic acid groups (broad SMARTS) is 1. The maximum atomic E-state index is 12.2. The van der Waals surface area contributed by atoms with Crippen molar-refractivity contribution in [1.29, 1.82) is 0 Å². The molecule has 0 spiro atoms. The fraction of sp³-hybridized carbons (Fsp3) is 0.316. The van der Waals surface area contributed by atoms with E-state index in [-0.39, 0.29) is 12.3 Å². The molecule has 0 unspecified atom stereocenters. The number of ether oxygens (including phenoxy) is 1. The van der Waals surface area contributed by atoms with Gasteiger partial charge in [-0.25, -0.2) is 0 Å². The lowest BCUT2D eigenvalue weighted by Crippen LogP contribution is -2.41. The van der Waals surface area contributed by atoms with Crippen LogP contribution in [0.1, 0.15) is 31.2 Å². The van der Waals surface area contributed by atoms with E-state index >= 15 is 0 Å². The number of carbonyl (C=O) groups excluding carboxylic acids is 1. The molecule has 0 atom stereocenters. The molecule has 1 saturated carbocycles. The highest BCUT2D eigenvalue weighted by molar-refractivity contribution is 5.94. The molecule has 3 rings (SSSR count). The fourth-order valence-corrected chi connectivity index (χ4v) is 2.96. The van der Waals surface area contributed by atoms with E-state index in [0.717, 1.165) is 12.0 Å². The molecule has 0 saturated heterocycles. The van der Waals surface area contributed by atoms with E-state index in [4.69, 9.17) is 4.74 Å². The van der Waals surface area contributed by atoms with Crippen LogP contribution in [-0.4, -0.2) is 22.0 Å². The molecule has 2 N–H and O–H groups in total. The van der Waals surface area contributed by atoms with Gasteiger partial charge in [-0.3, -0.25) is 14.6 Å². The summed E-state index contributed by atoms with van der Waals surface area (Å²) < 4.78 is 5.75. The Balaban J connectivity index is 1.64. The van der Waals surface area contributed by atoms with E-state index in [1.807, 2.05) is 13.0 Å². The maximum Gasteiger partial charge on any atom is 0.310 e. The van der Waals surface area contributed by atoms with Crippen LogP contribution in [0.25, 0.3) is 0 Å². The second-order valence-electron chi connectivity index (χ2n) is 6.44. The zero-order chi connectivity index (χ0) is 17.9. The van der Waals surface area contributed by atoms with Crippen LogP contribution in [0.4, 0.5) is 5.69 Å². The highest BCUT2D eigenvalue weighted by atomic mass is 16.5. The van der Waals surface area contributed by atoms with Gasteiger partial charge < -0.3 is 15.2 Å². The number of anilines is 1. The van der Waals surface area contributed by atoms with Gasteiger partial charge in [0.2, 0.25) is 5.91 Å². The van der Waals surface area contributed by atoms with E-state index in [9.17, 15) is 14.7 Å². The van der Waals surface area contributed by atoms with Crippen molar-refractivity contribution in [2.24, 2.45) is 5.41 Å². The number of aryl methyl sites for hydroxylation is 1. The van der Waals surface area contributed by atoms with Gasteiger partial charge in [-0.1, -0.05) is 6.42 Å². The van der Waals surface area contributed by atoms with Crippen LogP contribution in [0.2, 0.25) is 0 Å². The number of carbonyl (C=O) groups is 2. The molecule has 25 heavy (non-hydrogen) atoms. The quantitative estimate of drug-likeness (QED) is 0.836. The second-order valence-corrected chi connectivity index (χ2v) is 6.44. The molecule has 1 amide bonds. The Kier molecular flexibility index (Phi) is 4.70. The number of aromatic nitrogens is 1. The summed E-state index contributed by atoms with van der Waals surface area (Å²) in [7, 11) is 0. The van der Waals surface area contributed by atoms with Crippen LogP contribution in [-0.2, 0) is 9.59 Å². The molecule has 1 aromatic carbocycles. The molecule has 6 nitrogen and oxygen atoms in total. The largest absolute Gasteiger partial charge is 0.481 e. The van der Waals surface area contributed by atoms with Crippen LogP contribution < -0.4 is 10.1 Å². The lowest BCUT2D eigenvalue weighted by atomic mass is 9.66. The normalized spacial score (nSPS) is 15.1. The molecule has 1 fully saturated rings. The summed E-state index contributed by atoms with van der Waals surface area (Å²) in [5.74, 6) is 0.149. The van der Waals surface area contributed by atoms with Gasteiger partial charge in [-0.2, -0.15) is 0 Å². The molecule has 0 aliphatic heterocycles. The van der Waals surface area contributed by atoms with Gasteiger partial charge in [0.15, 0.2) is 0 Å². The first kappa shape index (κ1) is 17.0. The number of amides is 1. The first-order chi connectivity index (χ1) is 12.0. The Bertz CT molecular complexity index is 785. The molecule has 2 aromatic rings. The molecule has 1 aliphatic rings. The summed E-state index contributed by atoms with van der Waals surface area (Å²) in [6.07, 6.45) is 5.29. The second kappa shape index (κ2) is 6.93. The van der Waals surface area contributed by atoms with E-state index < -0.39 is 11.4 Å². The van der Waals surface area contributed by atoms with Crippen LogP contribution in [0.5, 0.6) is 11.5 Å². The standard InChI is InChI=1S/C19H20N2O4/c1-13-10-14(5-6-16(13)25-15-4-2-9-20-12-15)21-17(22)11-19(18(23)24)7-3-8-19/h2,4-6,9-10,12H,3,7-8,11H2,1H3,(H,21,22)(H,23,24). The zero-order valence-electron chi connectivity index (χ0n) is 14.0. The van der Waals surface area contributed by atoms with Crippen LogP contribution in [0.15, 0.2) is 42.7 Å². The third kappa shape index (κ3) is 3.79. The first-order valence-electron chi connectivity index (χ1n) is 8.20. The monoisotopic (exact) mass is 340 g/mol. The summed E-state index contributed by atoms with van der Waals surface area (Å²) in [6, 6.07) is 8.92. The van der Waals surface area contributed by atoms with Gasteiger partial charge in [0.1, 0.15) is 11.5 Å². The number of aliphatic carboxylic acids is 1. The Morgan fingerprint density at radius 3 is 2.68 bits per heavy atom. The predicted octanol–water partition coefficient (Wildman–Crippen LogP) is 3.77. The van der Waals surface area contributed by atoms with Crippen LogP contribution >= 0.6 is 0 Å². The molecule has 1 aliphatic carbocycles. The molecule has 1 heterocycles. The molecular formula is C19H20N2O4. The number of rotatable bonds is 6. The minimum absolute atomic E-state index is 0.00924. The maximum absolute atomic E-state index is 12.2. The molecule has 0 radical (unpaired) electrons. The highest BCUT2D eigenvalue weighted by Gasteiger charge is 2.45. The summed E-state index contributed by atoms with van der Waals surface area (Å²) in [5.41, 5.74) is 0.599. The summed E-state index contributed by atoms with van der Waals surface area (Å²) in [6.45, 7) is 1.88. The van der Waals surface area contributed by atoms with Gasteiger partial charge in [0.25, 0.3) is 0 Å². The van der Waals surface area contributed by atoms with Gasteiger partial charge in [0, 0.05) is 18.3 Å². The van der Waals surface area contributed by atoms with Crippen molar-refractivity contribution in [3.63, 3.8) is 0 Å². The molecule has 6 heteroatoms. The van der Waals surface area contributed by atoms with Crippen molar-refractivity contribution in [1.82, 2.24) is 4.98 Å². The minimum Gasteiger partial charge on any atom is -0.481 e. The Labute approximate surface area is 145 Å². The topological polar surface area (TPSA) is 88.5 Å². The van der Waals surface area contributed by atoms with Gasteiger partial charge in [-0.15, -0.1) is 0 Å². The number of benzene rings is 1. The van der Waals surface area contributed by atoms with Crippen molar-refractivity contribution in [2.45, 2.75) is 32.6 Å². The van der Waals surface area contributed by atoms with Crippen molar-refractivity contribution in [3.8, 4) is 11.5 Å². The Morgan fingerprint density at radius 2 is 2.12 bits per heavy atom. The molecule has 1 aromatic heterocycles. The smallest absolute Gasteiger partial charge is 0.310 e. The molecule has 130 valence electrons. The van der Waals surface area contributed by atoms with Crippen molar-refractivity contribution >= 4 is 17.6 Å². The van der Waals surface area contributed by atoms with E-state index in [2.05, 4.69) is 10.3 Å². The van der Waals surface area contributed by atoms with Crippen molar-refractivity contribution in [3.05, 3.63) is 48.3 Å². The molecular weight excluding hydrogens is 320 g/mol. The zero-order valence-corrected chi connectivity index (χ0v) is 14.0. The summed E-state index contributed by atoms with van der Waals surface area (Å²) >= 11 is 0. The van der Waals surface area contributed by atoms with Gasteiger partial charge in [-0.05, 0) is 55.7 Å². The third-order valence-corrected chi connectivity index (χ3v) is 4.58. The number of carboxylic acids is 1. The number of nitrogens with one attached hydrogen (secondary N) is 1. The van der Waals surface area contributed by atoms with E-state index in [1.54, 1.807) is 36.7 Å². The number of pyridine rings is 1. The average molecular weight is 340 g/mol. The SMILES string of the molecule is Cc1cc(NC(=O)CC2(C(=O)O)CCC2)ccc1Oc1cccnc1. The average Bonchev–Trinajstić information content (AvgIpc) is 2.54. The summed E-state index contributed by atoms with van der Waals surface area (Å²) in [5, 5.41) is 12.1.